The molecule has 124 valence electrons. The molecule has 0 amide bonds. The van der Waals surface area contributed by atoms with Crippen molar-refractivity contribution >= 4 is 38.4 Å². The first-order valence-corrected chi connectivity index (χ1v) is 9.79. The molecule has 1 saturated carbocycles. The van der Waals surface area contributed by atoms with Crippen LogP contribution in [0.3, 0.4) is 0 Å². The van der Waals surface area contributed by atoms with Gasteiger partial charge in [0.1, 0.15) is 0 Å². The molecule has 4 nitrogen and oxygen atoms in total. The molecule has 0 aromatic heterocycles. The summed E-state index contributed by atoms with van der Waals surface area (Å²) in [6, 6.07) is 7.50. The molecule has 1 N–H and O–H groups in total. The molecule has 0 bridgehead atoms. The number of hydrogen-bond donors (Lipinski definition) is 1. The van der Waals surface area contributed by atoms with Crippen LogP contribution in [-0.4, -0.2) is 38.4 Å². The summed E-state index contributed by atoms with van der Waals surface area (Å²) in [5, 5.41) is 3.58. The van der Waals surface area contributed by atoms with E-state index in [1.54, 1.807) is 22.5 Å². The number of rotatable bonds is 5. The summed E-state index contributed by atoms with van der Waals surface area (Å²) < 4.78 is 27.6. The van der Waals surface area contributed by atoms with Crippen molar-refractivity contribution in [3.63, 3.8) is 0 Å². The van der Waals surface area contributed by atoms with Gasteiger partial charge >= 0.3 is 0 Å². The van der Waals surface area contributed by atoms with Crippen LogP contribution in [0.2, 0.25) is 0 Å². The first-order chi connectivity index (χ1) is 10.1. The van der Waals surface area contributed by atoms with E-state index in [9.17, 15) is 8.42 Å². The maximum atomic E-state index is 12.7. The Bertz CT molecular complexity index is 599. The molecule has 0 spiro atoms. The molecule has 3 rings (SSSR count). The molecule has 0 atom stereocenters. The Morgan fingerprint density at radius 3 is 2.36 bits per heavy atom. The third-order valence-electron chi connectivity index (χ3n) is 4.30. The zero-order valence-electron chi connectivity index (χ0n) is 12.4. The van der Waals surface area contributed by atoms with Gasteiger partial charge in [0.15, 0.2) is 0 Å². The van der Waals surface area contributed by atoms with Gasteiger partial charge in [0.2, 0.25) is 10.0 Å². The quantitative estimate of drug-likeness (QED) is 0.813. The Hall–Kier alpha value is -0.140. The number of nitrogens with one attached hydrogen (secondary N) is 1. The highest BCUT2D eigenvalue weighted by Gasteiger charge is 2.31. The van der Waals surface area contributed by atoms with Crippen LogP contribution < -0.4 is 5.32 Å². The molecule has 1 heterocycles. The molecule has 7 heteroatoms. The molecule has 2 aliphatic rings. The lowest BCUT2D eigenvalue weighted by Crippen LogP contribution is -2.45. The minimum Gasteiger partial charge on any atom is -0.314 e. The van der Waals surface area contributed by atoms with Gasteiger partial charge in [0.25, 0.3) is 0 Å². The molecule has 1 saturated heterocycles. The van der Waals surface area contributed by atoms with Crippen LogP contribution in [0, 0.1) is 5.92 Å². The number of nitrogens with zero attached hydrogens (tertiary/aromatic N) is 1. The first kappa shape index (κ1) is 18.2. The maximum Gasteiger partial charge on any atom is 0.244 e. The van der Waals surface area contributed by atoms with Gasteiger partial charge in [-0.1, -0.05) is 12.1 Å². The van der Waals surface area contributed by atoms with Gasteiger partial charge in [-0.3, -0.25) is 0 Å². The number of sulfonamides is 1. The minimum atomic E-state index is -3.38. The largest absolute Gasteiger partial charge is 0.314 e. The summed E-state index contributed by atoms with van der Waals surface area (Å²) in [4.78, 5) is 0.370. The van der Waals surface area contributed by atoms with Crippen LogP contribution in [0.25, 0.3) is 0 Å². The predicted octanol–water partition coefficient (Wildman–Crippen LogP) is 3.02. The molecule has 1 aromatic carbocycles. The Labute approximate surface area is 147 Å². The van der Waals surface area contributed by atoms with E-state index in [-0.39, 0.29) is 12.4 Å². The van der Waals surface area contributed by atoms with Gasteiger partial charge in [-0.2, -0.15) is 4.31 Å². The highest BCUT2D eigenvalue weighted by Crippen LogP contribution is 2.29. The van der Waals surface area contributed by atoms with E-state index >= 15 is 0 Å². The fraction of sp³-hybridized carbons (Fsp3) is 0.600. The van der Waals surface area contributed by atoms with Crippen molar-refractivity contribution < 1.29 is 8.42 Å². The third kappa shape index (κ3) is 4.23. The molecule has 0 unspecified atom stereocenters. The fourth-order valence-electron chi connectivity index (χ4n) is 2.75. The van der Waals surface area contributed by atoms with Crippen LogP contribution in [0.1, 0.15) is 25.7 Å². The SMILES string of the molecule is Cl.O=S(=O)(c1ccccc1Br)N1CCC(NCC2CC2)CC1. The van der Waals surface area contributed by atoms with Gasteiger partial charge in [0, 0.05) is 23.6 Å². The van der Waals surface area contributed by atoms with Crippen molar-refractivity contribution in [1.82, 2.24) is 9.62 Å². The summed E-state index contributed by atoms with van der Waals surface area (Å²) in [5.41, 5.74) is 0. The summed E-state index contributed by atoms with van der Waals surface area (Å²) in [5.74, 6) is 0.868. The van der Waals surface area contributed by atoms with E-state index in [4.69, 9.17) is 0 Å². The normalized spacial score (nSPS) is 20.6. The Kier molecular flexibility index (Phi) is 6.30. The van der Waals surface area contributed by atoms with Crippen LogP contribution in [0.15, 0.2) is 33.6 Å². The summed E-state index contributed by atoms with van der Waals surface area (Å²) in [7, 11) is -3.38. The molecule has 1 aromatic rings. The predicted molar refractivity (Wildman–Crippen MR) is 93.9 cm³/mol. The lowest BCUT2D eigenvalue weighted by atomic mass is 10.1. The topological polar surface area (TPSA) is 49.4 Å². The molecule has 2 fully saturated rings. The van der Waals surface area contributed by atoms with Crippen LogP contribution in [-0.2, 0) is 10.0 Å². The number of hydrogen-bond acceptors (Lipinski definition) is 3. The molecular formula is C15H22BrClN2O2S. The standard InChI is InChI=1S/C15H21BrN2O2S.ClH/c16-14-3-1-2-4-15(14)21(19,20)18-9-7-13(8-10-18)17-11-12-5-6-12;/h1-4,12-13,17H,5-11H2;1H. The average molecular weight is 410 g/mol. The van der Waals surface area contributed by atoms with Crippen molar-refractivity contribution in [1.29, 1.82) is 0 Å². The van der Waals surface area contributed by atoms with Crippen molar-refractivity contribution in [3.05, 3.63) is 28.7 Å². The van der Waals surface area contributed by atoms with Crippen molar-refractivity contribution in [2.45, 2.75) is 36.6 Å². The van der Waals surface area contributed by atoms with E-state index < -0.39 is 10.0 Å². The smallest absolute Gasteiger partial charge is 0.244 e. The van der Waals surface area contributed by atoms with Gasteiger partial charge in [-0.15, -0.1) is 12.4 Å². The molecule has 1 aliphatic carbocycles. The number of halogens is 2. The summed E-state index contributed by atoms with van der Waals surface area (Å²) in [6.45, 7) is 2.31. The van der Waals surface area contributed by atoms with Crippen molar-refractivity contribution in [2.75, 3.05) is 19.6 Å². The Balaban J connectivity index is 0.00000176. The van der Waals surface area contributed by atoms with Crippen molar-refractivity contribution in [3.8, 4) is 0 Å². The average Bonchev–Trinajstić information content (AvgIpc) is 3.30. The number of benzene rings is 1. The lowest BCUT2D eigenvalue weighted by Gasteiger charge is -2.32. The Morgan fingerprint density at radius 1 is 1.14 bits per heavy atom. The second-order valence-electron chi connectivity index (χ2n) is 5.96. The van der Waals surface area contributed by atoms with Gasteiger partial charge in [-0.05, 0) is 66.2 Å². The summed E-state index contributed by atoms with van der Waals surface area (Å²) in [6.07, 6.45) is 4.50. The zero-order chi connectivity index (χ0) is 14.9. The van der Waals surface area contributed by atoms with Crippen molar-refractivity contribution in [2.24, 2.45) is 5.92 Å². The summed E-state index contributed by atoms with van der Waals surface area (Å²) >= 11 is 3.34. The Morgan fingerprint density at radius 2 is 1.77 bits per heavy atom. The van der Waals surface area contributed by atoms with Crippen LogP contribution >= 0.6 is 28.3 Å². The van der Waals surface area contributed by atoms with E-state index in [1.165, 1.54) is 12.8 Å². The van der Waals surface area contributed by atoms with Gasteiger partial charge < -0.3 is 5.32 Å². The molecule has 0 radical (unpaired) electrons. The monoisotopic (exact) mass is 408 g/mol. The second kappa shape index (κ2) is 7.62. The van der Waals surface area contributed by atoms with Crippen LogP contribution in [0.5, 0.6) is 0 Å². The highest BCUT2D eigenvalue weighted by atomic mass is 79.9. The first-order valence-electron chi connectivity index (χ1n) is 7.55. The van der Waals surface area contributed by atoms with E-state index in [0.717, 1.165) is 25.3 Å². The molecule has 22 heavy (non-hydrogen) atoms. The minimum absolute atomic E-state index is 0. The molecule has 1 aliphatic heterocycles. The fourth-order valence-corrected chi connectivity index (χ4v) is 5.18. The molecular weight excluding hydrogens is 388 g/mol. The van der Waals surface area contributed by atoms with E-state index in [1.807, 2.05) is 6.07 Å². The highest BCUT2D eigenvalue weighted by molar-refractivity contribution is 9.10. The second-order valence-corrected chi connectivity index (χ2v) is 8.72. The van der Waals surface area contributed by atoms with E-state index in [0.29, 0.717) is 28.5 Å². The van der Waals surface area contributed by atoms with Gasteiger partial charge in [-0.25, -0.2) is 8.42 Å². The maximum absolute atomic E-state index is 12.7. The number of piperidine rings is 1. The van der Waals surface area contributed by atoms with Gasteiger partial charge in [0.05, 0.1) is 4.90 Å². The van der Waals surface area contributed by atoms with Crippen LogP contribution in [0.4, 0.5) is 0 Å². The third-order valence-corrected chi connectivity index (χ3v) is 7.21. The van der Waals surface area contributed by atoms with E-state index in [2.05, 4.69) is 21.2 Å². The lowest BCUT2D eigenvalue weighted by molar-refractivity contribution is 0.288. The zero-order valence-corrected chi connectivity index (χ0v) is 15.6.